The van der Waals surface area contributed by atoms with Crippen LogP contribution in [0.5, 0.6) is 0 Å². The van der Waals surface area contributed by atoms with Crippen molar-refractivity contribution in [1.29, 1.82) is 0 Å². The molecule has 0 fully saturated rings. The van der Waals surface area contributed by atoms with Crippen LogP contribution >= 0.6 is 11.8 Å². The lowest BCUT2D eigenvalue weighted by Crippen LogP contribution is -2.16. The third-order valence-electron chi connectivity index (χ3n) is 5.75. The van der Waals surface area contributed by atoms with Crippen LogP contribution in [-0.4, -0.2) is 29.7 Å². The molecule has 6 heteroatoms. The SMILES string of the molecule is COC(=O)CCc1c(C)[nH]c(/C=C2\NC(=O)C(CCSc3ccc(C)cc3)=C2C)c1C. The molecule has 31 heavy (non-hydrogen) atoms. The Bertz CT molecular complexity index is 1050. The quantitative estimate of drug-likeness (QED) is 0.449. The zero-order chi connectivity index (χ0) is 22.5. The van der Waals surface area contributed by atoms with Gasteiger partial charge < -0.3 is 15.0 Å². The van der Waals surface area contributed by atoms with Crippen LogP contribution in [0.4, 0.5) is 0 Å². The summed E-state index contributed by atoms with van der Waals surface area (Å²) in [6.45, 7) is 8.12. The zero-order valence-electron chi connectivity index (χ0n) is 18.8. The average Bonchev–Trinajstić information content (AvgIpc) is 3.16. The summed E-state index contributed by atoms with van der Waals surface area (Å²) in [4.78, 5) is 28.7. The van der Waals surface area contributed by atoms with E-state index in [1.807, 2.05) is 26.8 Å². The van der Waals surface area contributed by atoms with Gasteiger partial charge in [0.25, 0.3) is 5.91 Å². The normalized spacial score (nSPS) is 15.0. The van der Waals surface area contributed by atoms with Crippen LogP contribution in [0.2, 0.25) is 0 Å². The van der Waals surface area contributed by atoms with E-state index in [4.69, 9.17) is 4.74 Å². The van der Waals surface area contributed by atoms with Crippen LogP contribution in [-0.2, 0) is 20.7 Å². The van der Waals surface area contributed by atoms with Gasteiger partial charge in [-0.15, -0.1) is 11.8 Å². The Hall–Kier alpha value is -2.73. The van der Waals surface area contributed by atoms with Crippen molar-refractivity contribution in [2.24, 2.45) is 0 Å². The predicted octanol–water partition coefficient (Wildman–Crippen LogP) is 5.02. The maximum absolute atomic E-state index is 12.6. The Labute approximate surface area is 188 Å². The van der Waals surface area contributed by atoms with E-state index >= 15 is 0 Å². The van der Waals surface area contributed by atoms with E-state index in [1.54, 1.807) is 11.8 Å². The number of hydrogen-bond acceptors (Lipinski definition) is 4. The lowest BCUT2D eigenvalue weighted by Gasteiger charge is -2.03. The van der Waals surface area contributed by atoms with Crippen LogP contribution in [0.15, 0.2) is 46.0 Å². The Morgan fingerprint density at radius 1 is 1.10 bits per heavy atom. The third-order valence-corrected chi connectivity index (χ3v) is 6.76. The van der Waals surface area contributed by atoms with Gasteiger partial charge in [-0.05, 0) is 75.4 Å². The standard InChI is InChI=1S/C25H30N2O3S/c1-15-6-8-19(9-7-15)31-13-12-21-17(3)23(27-25(21)29)14-22-16(2)20(18(4)26-22)10-11-24(28)30-5/h6-9,14,26H,10-13H2,1-5H3,(H,27,29)/b23-14-. The highest BCUT2D eigenvalue weighted by Crippen LogP contribution is 2.29. The number of carbonyl (C=O) groups excluding carboxylic acids is 2. The van der Waals surface area contributed by atoms with Crippen molar-refractivity contribution >= 4 is 29.7 Å². The molecule has 5 nitrogen and oxygen atoms in total. The lowest BCUT2D eigenvalue weighted by atomic mass is 10.0. The number of allylic oxidation sites excluding steroid dienone is 1. The minimum atomic E-state index is -0.213. The van der Waals surface area contributed by atoms with Crippen molar-refractivity contribution in [2.45, 2.75) is 51.9 Å². The molecule has 1 amide bonds. The number of aryl methyl sites for hydroxylation is 2. The number of nitrogens with one attached hydrogen (secondary N) is 2. The average molecular weight is 439 g/mol. The number of hydrogen-bond donors (Lipinski definition) is 2. The Morgan fingerprint density at radius 3 is 2.48 bits per heavy atom. The summed E-state index contributed by atoms with van der Waals surface area (Å²) in [6, 6.07) is 8.46. The molecule has 0 atom stereocenters. The number of amides is 1. The first-order valence-electron chi connectivity index (χ1n) is 10.5. The van der Waals surface area contributed by atoms with Gasteiger partial charge in [0.05, 0.1) is 7.11 Å². The number of carbonyl (C=O) groups is 2. The molecular weight excluding hydrogens is 408 g/mol. The number of ether oxygens (including phenoxy) is 1. The fourth-order valence-electron chi connectivity index (χ4n) is 3.78. The molecule has 0 radical (unpaired) electrons. The molecule has 0 bridgehead atoms. The maximum Gasteiger partial charge on any atom is 0.305 e. The van der Waals surface area contributed by atoms with Crippen molar-refractivity contribution < 1.29 is 14.3 Å². The van der Waals surface area contributed by atoms with Crippen molar-refractivity contribution in [3.63, 3.8) is 0 Å². The van der Waals surface area contributed by atoms with Crippen LogP contribution in [0.1, 0.15) is 47.8 Å². The van der Waals surface area contributed by atoms with E-state index in [0.29, 0.717) is 12.8 Å². The molecule has 2 N–H and O–H groups in total. The Morgan fingerprint density at radius 2 is 1.81 bits per heavy atom. The minimum Gasteiger partial charge on any atom is -0.469 e. The van der Waals surface area contributed by atoms with E-state index in [2.05, 4.69) is 41.5 Å². The maximum atomic E-state index is 12.6. The molecular formula is C25H30N2O3S. The number of aromatic amines is 1. The molecule has 0 spiro atoms. The molecule has 0 aliphatic carbocycles. The molecule has 1 aliphatic heterocycles. The number of rotatable bonds is 8. The first-order valence-corrected chi connectivity index (χ1v) is 11.5. The third kappa shape index (κ3) is 5.50. The molecule has 2 aromatic rings. The first kappa shape index (κ1) is 22.9. The van der Waals surface area contributed by atoms with Crippen LogP contribution < -0.4 is 5.32 Å². The van der Waals surface area contributed by atoms with Gasteiger partial charge in [0.1, 0.15) is 0 Å². The molecule has 164 valence electrons. The second kappa shape index (κ2) is 10.1. The van der Waals surface area contributed by atoms with Crippen LogP contribution in [0.3, 0.4) is 0 Å². The van der Waals surface area contributed by atoms with E-state index in [-0.39, 0.29) is 11.9 Å². The summed E-state index contributed by atoms with van der Waals surface area (Å²) in [7, 11) is 1.41. The molecule has 1 aliphatic rings. The molecule has 2 heterocycles. The zero-order valence-corrected chi connectivity index (χ0v) is 19.7. The summed E-state index contributed by atoms with van der Waals surface area (Å²) in [5, 5.41) is 3.02. The predicted molar refractivity (Wildman–Crippen MR) is 126 cm³/mol. The summed E-state index contributed by atoms with van der Waals surface area (Å²) in [5.74, 6) is 0.629. The monoisotopic (exact) mass is 438 g/mol. The fraction of sp³-hybridized carbons (Fsp3) is 0.360. The smallest absolute Gasteiger partial charge is 0.305 e. The summed E-state index contributed by atoms with van der Waals surface area (Å²) in [5.41, 5.74) is 8.14. The minimum absolute atomic E-state index is 0.0138. The molecule has 0 saturated heterocycles. The highest BCUT2D eigenvalue weighted by Gasteiger charge is 2.24. The fourth-order valence-corrected chi connectivity index (χ4v) is 4.65. The van der Waals surface area contributed by atoms with Crippen molar-refractivity contribution in [3.8, 4) is 0 Å². The number of esters is 1. The topological polar surface area (TPSA) is 71.2 Å². The van der Waals surface area contributed by atoms with E-state index < -0.39 is 0 Å². The van der Waals surface area contributed by atoms with Crippen LogP contribution in [0, 0.1) is 20.8 Å². The van der Waals surface area contributed by atoms with Gasteiger partial charge in [-0.2, -0.15) is 0 Å². The van der Waals surface area contributed by atoms with Crippen molar-refractivity contribution in [3.05, 3.63) is 69.2 Å². The number of H-pyrrole nitrogens is 1. The molecule has 3 rings (SSSR count). The molecule has 1 aromatic carbocycles. The summed E-state index contributed by atoms with van der Waals surface area (Å²) < 4.78 is 4.75. The van der Waals surface area contributed by atoms with Crippen molar-refractivity contribution in [1.82, 2.24) is 10.3 Å². The van der Waals surface area contributed by atoms with Crippen molar-refractivity contribution in [2.75, 3.05) is 12.9 Å². The van der Waals surface area contributed by atoms with Gasteiger partial charge in [-0.25, -0.2) is 0 Å². The van der Waals surface area contributed by atoms with Gasteiger partial charge in [0.15, 0.2) is 0 Å². The van der Waals surface area contributed by atoms with Gasteiger partial charge in [-0.1, -0.05) is 17.7 Å². The Kier molecular flexibility index (Phi) is 7.44. The number of methoxy groups -OCH3 is 1. The molecule has 0 saturated carbocycles. The van der Waals surface area contributed by atoms with Gasteiger partial charge in [0, 0.05) is 39.7 Å². The van der Waals surface area contributed by atoms with E-state index in [0.717, 1.165) is 51.5 Å². The largest absolute Gasteiger partial charge is 0.469 e. The van der Waals surface area contributed by atoms with Gasteiger partial charge in [0.2, 0.25) is 0 Å². The van der Waals surface area contributed by atoms with Gasteiger partial charge in [-0.3, -0.25) is 9.59 Å². The highest BCUT2D eigenvalue weighted by atomic mass is 32.2. The second-order valence-electron chi connectivity index (χ2n) is 7.87. The molecule has 0 unspecified atom stereocenters. The molecule has 1 aromatic heterocycles. The lowest BCUT2D eigenvalue weighted by molar-refractivity contribution is -0.140. The Balaban J connectivity index is 1.71. The second-order valence-corrected chi connectivity index (χ2v) is 9.04. The number of thioether (sulfide) groups is 1. The first-order chi connectivity index (χ1) is 14.8. The van der Waals surface area contributed by atoms with E-state index in [1.165, 1.54) is 17.6 Å². The van der Waals surface area contributed by atoms with Crippen LogP contribution in [0.25, 0.3) is 6.08 Å². The number of aromatic nitrogens is 1. The summed E-state index contributed by atoms with van der Waals surface area (Å²) in [6.07, 6.45) is 3.70. The summed E-state index contributed by atoms with van der Waals surface area (Å²) >= 11 is 1.77. The van der Waals surface area contributed by atoms with Gasteiger partial charge >= 0.3 is 5.97 Å². The van der Waals surface area contributed by atoms with E-state index in [9.17, 15) is 9.59 Å². The number of benzene rings is 1. The highest BCUT2D eigenvalue weighted by molar-refractivity contribution is 7.99.